The first-order valence-electron chi connectivity index (χ1n) is 5.02. The van der Waals surface area contributed by atoms with E-state index in [4.69, 9.17) is 5.73 Å². The van der Waals surface area contributed by atoms with E-state index in [0.29, 0.717) is 18.0 Å². The molecule has 0 saturated heterocycles. The fourth-order valence-electron chi connectivity index (χ4n) is 1.84. The molecule has 1 aromatic carbocycles. The lowest BCUT2D eigenvalue weighted by molar-refractivity contribution is 0.605. The van der Waals surface area contributed by atoms with Crippen LogP contribution in [0.15, 0.2) is 28.5 Å². The lowest BCUT2D eigenvalue weighted by Crippen LogP contribution is -2.09. The molecule has 0 atom stereocenters. The van der Waals surface area contributed by atoms with E-state index in [1.54, 1.807) is 19.2 Å². The van der Waals surface area contributed by atoms with Gasteiger partial charge in [0.05, 0.1) is 4.90 Å². The minimum atomic E-state index is -3.24. The first-order valence-corrected chi connectivity index (χ1v) is 6.57. The summed E-state index contributed by atoms with van der Waals surface area (Å²) in [7, 11) is -1.45. The molecule has 3 N–H and O–H groups in total. The molecule has 0 fully saturated rings. The zero-order chi connectivity index (χ0) is 11.8. The van der Waals surface area contributed by atoms with Gasteiger partial charge in [-0.2, -0.15) is 0 Å². The fraction of sp³-hybridized carbons (Fsp3) is 0.273. The maximum absolute atomic E-state index is 11.8. The summed E-state index contributed by atoms with van der Waals surface area (Å²) >= 11 is 0. The van der Waals surface area contributed by atoms with Gasteiger partial charge in [-0.25, -0.2) is 8.42 Å². The molecule has 4 nitrogen and oxygen atoms in total. The number of likely N-dealkylation sites (N-methyl/N-ethyl adjacent to an activating group) is 1. The van der Waals surface area contributed by atoms with Crippen LogP contribution in [0.25, 0.3) is 5.57 Å². The minimum Gasteiger partial charge on any atom is -0.326 e. The number of benzene rings is 1. The molecule has 16 heavy (non-hydrogen) atoms. The minimum absolute atomic E-state index is 0.384. The van der Waals surface area contributed by atoms with Gasteiger partial charge in [-0.05, 0) is 35.9 Å². The molecule has 1 aromatic rings. The highest BCUT2D eigenvalue weighted by molar-refractivity contribution is 7.95. The van der Waals surface area contributed by atoms with Crippen molar-refractivity contribution < 1.29 is 8.42 Å². The Bertz CT molecular complexity index is 547. The average molecular weight is 238 g/mol. The Balaban J connectivity index is 2.58. The predicted octanol–water partition coefficient (Wildman–Crippen LogP) is 0.493. The van der Waals surface area contributed by atoms with Crippen molar-refractivity contribution in [3.63, 3.8) is 0 Å². The van der Waals surface area contributed by atoms with E-state index >= 15 is 0 Å². The van der Waals surface area contributed by atoms with Gasteiger partial charge in [0.2, 0.25) is 9.84 Å². The summed E-state index contributed by atoms with van der Waals surface area (Å²) in [4.78, 5) is 0.384. The summed E-state index contributed by atoms with van der Waals surface area (Å²) in [6.07, 6.45) is 0. The Morgan fingerprint density at radius 3 is 2.75 bits per heavy atom. The first kappa shape index (κ1) is 11.3. The molecular weight excluding hydrogens is 224 g/mol. The molecule has 1 aliphatic rings. The second kappa shape index (κ2) is 4.01. The monoisotopic (exact) mass is 238 g/mol. The third-order valence-corrected chi connectivity index (χ3v) is 4.16. The summed E-state index contributed by atoms with van der Waals surface area (Å²) in [5, 5.41) is 4.29. The van der Waals surface area contributed by atoms with Gasteiger partial charge in [-0.15, -0.1) is 0 Å². The van der Waals surface area contributed by atoms with Crippen LogP contribution in [0.3, 0.4) is 0 Å². The van der Waals surface area contributed by atoms with Gasteiger partial charge in [0.15, 0.2) is 0 Å². The van der Waals surface area contributed by atoms with E-state index in [9.17, 15) is 8.42 Å². The largest absolute Gasteiger partial charge is 0.326 e. The van der Waals surface area contributed by atoms with E-state index in [1.165, 1.54) is 5.41 Å². The highest BCUT2D eigenvalue weighted by Crippen LogP contribution is 2.33. The molecule has 1 aliphatic heterocycles. The quantitative estimate of drug-likeness (QED) is 0.804. The highest BCUT2D eigenvalue weighted by Gasteiger charge is 2.26. The third kappa shape index (κ3) is 1.77. The molecule has 86 valence electrons. The van der Waals surface area contributed by atoms with Crippen molar-refractivity contribution in [1.82, 2.24) is 5.32 Å². The molecule has 0 radical (unpaired) electrons. The lowest BCUT2D eigenvalue weighted by Gasteiger charge is -2.05. The van der Waals surface area contributed by atoms with Crippen LogP contribution in [0.5, 0.6) is 0 Å². The van der Waals surface area contributed by atoms with Crippen molar-refractivity contribution in [3.8, 4) is 0 Å². The van der Waals surface area contributed by atoms with Gasteiger partial charge in [-0.1, -0.05) is 6.07 Å². The van der Waals surface area contributed by atoms with Gasteiger partial charge in [0, 0.05) is 18.5 Å². The Labute approximate surface area is 95.1 Å². The van der Waals surface area contributed by atoms with Crippen molar-refractivity contribution in [2.45, 2.75) is 11.4 Å². The van der Waals surface area contributed by atoms with Crippen LogP contribution in [-0.2, 0) is 16.4 Å². The summed E-state index contributed by atoms with van der Waals surface area (Å²) in [6.45, 7) is 0.959. The van der Waals surface area contributed by atoms with Crippen LogP contribution in [0, 0.1) is 0 Å². The third-order valence-electron chi connectivity index (χ3n) is 2.60. The van der Waals surface area contributed by atoms with Gasteiger partial charge in [0.1, 0.15) is 0 Å². The van der Waals surface area contributed by atoms with E-state index in [0.717, 1.165) is 16.7 Å². The second-order valence-corrected chi connectivity index (χ2v) is 5.52. The summed E-state index contributed by atoms with van der Waals surface area (Å²) in [5.41, 5.74) is 8.06. The van der Waals surface area contributed by atoms with Crippen molar-refractivity contribution in [2.75, 3.05) is 13.6 Å². The second-order valence-electron chi connectivity index (χ2n) is 3.75. The van der Waals surface area contributed by atoms with Crippen LogP contribution >= 0.6 is 0 Å². The Morgan fingerprint density at radius 2 is 2.12 bits per heavy atom. The standard InChI is InChI=1S/C11H14N2O2S/c1-13-6-9-7-16(14,15)11-3-2-8(5-12)4-10(9)11/h2-4,7,13H,5-6,12H2,1H3. The molecule has 0 aliphatic carbocycles. The Morgan fingerprint density at radius 1 is 1.38 bits per heavy atom. The number of hydrogen-bond acceptors (Lipinski definition) is 4. The molecule has 0 amide bonds. The summed E-state index contributed by atoms with van der Waals surface area (Å²) < 4.78 is 23.6. The van der Waals surface area contributed by atoms with E-state index in [1.807, 2.05) is 6.07 Å². The summed E-state index contributed by atoms with van der Waals surface area (Å²) in [5.74, 6) is 0. The number of sulfone groups is 1. The molecule has 2 rings (SSSR count). The molecule has 0 bridgehead atoms. The van der Waals surface area contributed by atoms with Gasteiger partial charge in [-0.3, -0.25) is 0 Å². The van der Waals surface area contributed by atoms with Crippen LogP contribution in [-0.4, -0.2) is 22.0 Å². The number of nitrogens with two attached hydrogens (primary N) is 1. The zero-order valence-electron chi connectivity index (χ0n) is 9.03. The van der Waals surface area contributed by atoms with Gasteiger partial charge >= 0.3 is 0 Å². The van der Waals surface area contributed by atoms with Crippen LogP contribution in [0.1, 0.15) is 11.1 Å². The van der Waals surface area contributed by atoms with Crippen molar-refractivity contribution in [1.29, 1.82) is 0 Å². The smallest absolute Gasteiger partial charge is 0.200 e. The van der Waals surface area contributed by atoms with Crippen molar-refractivity contribution >= 4 is 15.4 Å². The molecule has 0 aromatic heterocycles. The number of nitrogens with one attached hydrogen (secondary N) is 1. The topological polar surface area (TPSA) is 72.2 Å². The normalized spacial score (nSPS) is 17.0. The molecule has 1 heterocycles. The van der Waals surface area contributed by atoms with Crippen molar-refractivity contribution in [3.05, 3.63) is 34.7 Å². The average Bonchev–Trinajstić information content (AvgIpc) is 2.51. The first-order chi connectivity index (χ1) is 7.58. The van der Waals surface area contributed by atoms with E-state index in [2.05, 4.69) is 5.32 Å². The fourth-order valence-corrected chi connectivity index (χ4v) is 3.31. The maximum atomic E-state index is 11.8. The molecule has 0 saturated carbocycles. The highest BCUT2D eigenvalue weighted by atomic mass is 32.2. The predicted molar refractivity (Wildman–Crippen MR) is 63.4 cm³/mol. The number of fused-ring (bicyclic) bond motifs is 1. The molecule has 0 spiro atoms. The maximum Gasteiger partial charge on any atom is 0.200 e. The number of hydrogen-bond donors (Lipinski definition) is 2. The zero-order valence-corrected chi connectivity index (χ0v) is 9.84. The van der Waals surface area contributed by atoms with Gasteiger partial charge < -0.3 is 11.1 Å². The molecule has 0 unspecified atom stereocenters. The summed E-state index contributed by atoms with van der Waals surface area (Å²) in [6, 6.07) is 5.24. The molecule has 5 heteroatoms. The van der Waals surface area contributed by atoms with Crippen LogP contribution in [0.2, 0.25) is 0 Å². The van der Waals surface area contributed by atoms with E-state index in [-0.39, 0.29) is 0 Å². The van der Waals surface area contributed by atoms with Crippen molar-refractivity contribution in [2.24, 2.45) is 5.73 Å². The lowest BCUT2D eigenvalue weighted by atomic mass is 10.0. The Hall–Kier alpha value is -1.17. The Kier molecular flexibility index (Phi) is 2.84. The SMILES string of the molecule is CNCC1=CS(=O)(=O)c2ccc(CN)cc21. The number of rotatable bonds is 3. The van der Waals surface area contributed by atoms with Crippen LogP contribution in [0.4, 0.5) is 0 Å². The van der Waals surface area contributed by atoms with Crippen LogP contribution < -0.4 is 11.1 Å². The van der Waals surface area contributed by atoms with Gasteiger partial charge in [0.25, 0.3) is 0 Å². The molecular formula is C11H14N2O2S. The van der Waals surface area contributed by atoms with E-state index < -0.39 is 9.84 Å².